The molecule has 34 heavy (non-hydrogen) atoms. The molecule has 1 spiro atoms. The number of ether oxygens (including phenoxy) is 2. The van der Waals surface area contributed by atoms with Gasteiger partial charge in [0.05, 0.1) is 23.5 Å². The number of amides is 3. The van der Waals surface area contributed by atoms with Crippen LogP contribution in [0, 0.1) is 11.8 Å². The second-order valence-corrected chi connectivity index (χ2v) is 12.0. The lowest BCUT2D eigenvalue weighted by Crippen LogP contribution is -2.58. The molecule has 5 aliphatic rings. The number of rotatable bonds is 5. The molecule has 188 valence electrons. The molecule has 4 heterocycles. The Morgan fingerprint density at radius 3 is 2.47 bits per heavy atom. The van der Waals surface area contributed by atoms with Crippen LogP contribution in [0.1, 0.15) is 72.6 Å². The molecule has 0 radical (unpaired) electrons. The Morgan fingerprint density at radius 2 is 1.82 bits per heavy atom. The number of fused-ring (bicyclic) bond motifs is 1. The minimum Gasteiger partial charge on any atom is -0.376 e. The first-order valence-corrected chi connectivity index (χ1v) is 13.0. The van der Waals surface area contributed by atoms with E-state index in [-0.39, 0.29) is 29.9 Å². The highest BCUT2D eigenvalue weighted by Crippen LogP contribution is 2.59. The first-order chi connectivity index (χ1) is 16.0. The van der Waals surface area contributed by atoms with Gasteiger partial charge in [0, 0.05) is 24.7 Å². The van der Waals surface area contributed by atoms with E-state index in [1.807, 2.05) is 39.8 Å². The highest BCUT2D eigenvalue weighted by molar-refractivity contribution is 6.00. The zero-order valence-electron chi connectivity index (χ0n) is 20.9. The monoisotopic (exact) mass is 473 g/mol. The smallest absolute Gasteiger partial charge is 0.246 e. The van der Waals surface area contributed by atoms with Crippen LogP contribution in [0.2, 0.25) is 0 Å². The highest BCUT2D eigenvalue weighted by atomic mass is 16.5. The van der Waals surface area contributed by atoms with Gasteiger partial charge >= 0.3 is 0 Å². The average molecular weight is 474 g/mol. The van der Waals surface area contributed by atoms with Crippen LogP contribution in [0.4, 0.5) is 0 Å². The number of nitrogens with one attached hydrogen (secondary N) is 2. The summed E-state index contributed by atoms with van der Waals surface area (Å²) in [5, 5.41) is 6.28. The van der Waals surface area contributed by atoms with Crippen molar-refractivity contribution in [2.75, 3.05) is 13.2 Å². The molecule has 4 fully saturated rings. The number of likely N-dealkylation sites (tertiary alicyclic amines) is 1. The highest BCUT2D eigenvalue weighted by Gasteiger charge is 2.76. The van der Waals surface area contributed by atoms with Gasteiger partial charge in [0.1, 0.15) is 11.6 Å². The Kier molecular flexibility index (Phi) is 5.83. The Morgan fingerprint density at radius 1 is 1.09 bits per heavy atom. The van der Waals surface area contributed by atoms with Gasteiger partial charge in [-0.25, -0.2) is 0 Å². The van der Waals surface area contributed by atoms with Crippen molar-refractivity contribution < 1.29 is 23.9 Å². The lowest BCUT2D eigenvalue weighted by Gasteiger charge is -2.35. The van der Waals surface area contributed by atoms with Crippen molar-refractivity contribution >= 4 is 17.7 Å². The largest absolute Gasteiger partial charge is 0.376 e. The molecule has 5 rings (SSSR count). The van der Waals surface area contributed by atoms with E-state index in [0.717, 1.165) is 38.5 Å². The second kappa shape index (κ2) is 8.33. The minimum atomic E-state index is -1.14. The first-order valence-electron chi connectivity index (χ1n) is 13.0. The molecule has 4 aliphatic heterocycles. The molecule has 0 aromatic heterocycles. The molecule has 6 unspecified atom stereocenters. The predicted octanol–water partition coefficient (Wildman–Crippen LogP) is 2.07. The summed E-state index contributed by atoms with van der Waals surface area (Å²) < 4.78 is 12.4. The fraction of sp³-hybridized carbons (Fsp3) is 0.808. The molecule has 8 heteroatoms. The van der Waals surface area contributed by atoms with Crippen molar-refractivity contribution in [2.45, 2.75) is 108 Å². The molecule has 6 atom stereocenters. The SMILES string of the molecule is CC(C)(C)NC(=O)C1N(CC2CCCO2)C(=O)C2C(C(=O)NC3CCCCC3)C3(C)C=CC21O3. The van der Waals surface area contributed by atoms with Gasteiger partial charge in [-0.3, -0.25) is 14.4 Å². The maximum Gasteiger partial charge on any atom is 0.246 e. The molecule has 1 saturated carbocycles. The molecule has 3 saturated heterocycles. The van der Waals surface area contributed by atoms with Crippen LogP contribution in [0.5, 0.6) is 0 Å². The van der Waals surface area contributed by atoms with Gasteiger partial charge in [0.25, 0.3) is 0 Å². The number of carbonyl (C=O) groups excluding carboxylic acids is 3. The normalized spacial score (nSPS) is 39.5. The lowest BCUT2D eigenvalue weighted by atomic mass is 9.70. The van der Waals surface area contributed by atoms with E-state index < -0.39 is 34.6 Å². The van der Waals surface area contributed by atoms with Crippen LogP contribution in [0.15, 0.2) is 12.2 Å². The fourth-order valence-electron chi connectivity index (χ4n) is 6.81. The van der Waals surface area contributed by atoms with Crippen LogP contribution >= 0.6 is 0 Å². The summed E-state index contributed by atoms with van der Waals surface area (Å²) in [7, 11) is 0. The predicted molar refractivity (Wildman–Crippen MR) is 126 cm³/mol. The van der Waals surface area contributed by atoms with Crippen molar-refractivity contribution in [3.05, 3.63) is 12.2 Å². The van der Waals surface area contributed by atoms with E-state index in [2.05, 4.69) is 10.6 Å². The van der Waals surface area contributed by atoms with E-state index in [1.165, 1.54) is 6.42 Å². The van der Waals surface area contributed by atoms with Gasteiger partial charge in [0.15, 0.2) is 0 Å². The van der Waals surface area contributed by atoms with Crippen LogP contribution in [0.3, 0.4) is 0 Å². The van der Waals surface area contributed by atoms with Gasteiger partial charge in [-0.2, -0.15) is 0 Å². The summed E-state index contributed by atoms with van der Waals surface area (Å²) in [5.74, 6) is -1.94. The van der Waals surface area contributed by atoms with Crippen molar-refractivity contribution in [3.63, 3.8) is 0 Å². The van der Waals surface area contributed by atoms with Gasteiger partial charge in [0.2, 0.25) is 17.7 Å². The number of hydrogen-bond donors (Lipinski definition) is 2. The third-order valence-electron chi connectivity index (χ3n) is 8.20. The van der Waals surface area contributed by atoms with Crippen LogP contribution in [0.25, 0.3) is 0 Å². The van der Waals surface area contributed by atoms with Crippen LogP contribution in [-0.2, 0) is 23.9 Å². The summed E-state index contributed by atoms with van der Waals surface area (Å²) in [6, 6.07) is -0.692. The fourth-order valence-corrected chi connectivity index (χ4v) is 6.81. The maximum absolute atomic E-state index is 14.0. The summed E-state index contributed by atoms with van der Waals surface area (Å²) >= 11 is 0. The van der Waals surface area contributed by atoms with Gasteiger partial charge in [-0.1, -0.05) is 31.4 Å². The van der Waals surface area contributed by atoms with Gasteiger partial charge < -0.3 is 25.0 Å². The Bertz CT molecular complexity index is 885. The number of carbonyl (C=O) groups is 3. The zero-order chi connectivity index (χ0) is 24.3. The molecule has 1 aliphatic carbocycles. The molecule has 2 bridgehead atoms. The van der Waals surface area contributed by atoms with E-state index in [9.17, 15) is 14.4 Å². The molecule has 2 N–H and O–H groups in total. The summed E-state index contributed by atoms with van der Waals surface area (Å²) in [5.41, 5.74) is -2.52. The minimum absolute atomic E-state index is 0.101. The molecule has 0 aromatic carbocycles. The summed E-state index contributed by atoms with van der Waals surface area (Å²) in [4.78, 5) is 42.9. The standard InChI is InChI=1S/C26H39N3O5/c1-24(2,3)28-22(31)20-26-13-12-25(4,34-26)18(21(30)27-16-9-6-5-7-10-16)19(26)23(32)29(20)15-17-11-8-14-33-17/h12-13,16-20H,5-11,14-15H2,1-4H3,(H,27,30)(H,28,31). The molecular weight excluding hydrogens is 434 g/mol. The molecule has 3 amide bonds. The van der Waals surface area contributed by atoms with E-state index in [4.69, 9.17) is 9.47 Å². The topological polar surface area (TPSA) is 97.0 Å². The number of hydrogen-bond acceptors (Lipinski definition) is 5. The van der Waals surface area contributed by atoms with Gasteiger partial charge in [-0.05, 0) is 53.4 Å². The summed E-state index contributed by atoms with van der Waals surface area (Å²) in [6.07, 6.45) is 10.8. The van der Waals surface area contributed by atoms with Crippen molar-refractivity contribution in [1.82, 2.24) is 15.5 Å². The van der Waals surface area contributed by atoms with E-state index in [0.29, 0.717) is 13.2 Å². The zero-order valence-corrected chi connectivity index (χ0v) is 20.9. The first kappa shape index (κ1) is 23.8. The maximum atomic E-state index is 14.0. The van der Waals surface area contributed by atoms with Crippen molar-refractivity contribution in [3.8, 4) is 0 Å². The summed E-state index contributed by atoms with van der Waals surface area (Å²) in [6.45, 7) is 8.65. The molecule has 8 nitrogen and oxygen atoms in total. The van der Waals surface area contributed by atoms with Gasteiger partial charge in [-0.15, -0.1) is 0 Å². The molecule has 0 aromatic rings. The van der Waals surface area contributed by atoms with Crippen molar-refractivity contribution in [2.24, 2.45) is 11.8 Å². The van der Waals surface area contributed by atoms with E-state index in [1.54, 1.807) is 4.90 Å². The Hall–Kier alpha value is -1.93. The number of nitrogens with zero attached hydrogens (tertiary/aromatic N) is 1. The average Bonchev–Trinajstić information content (AvgIpc) is 3.48. The Balaban J connectivity index is 1.47. The second-order valence-electron chi connectivity index (χ2n) is 12.0. The molecular formula is C26H39N3O5. The third kappa shape index (κ3) is 3.87. The quantitative estimate of drug-likeness (QED) is 0.596. The Labute approximate surface area is 202 Å². The lowest BCUT2D eigenvalue weighted by molar-refractivity contribution is -0.147. The van der Waals surface area contributed by atoms with E-state index >= 15 is 0 Å². The van der Waals surface area contributed by atoms with Crippen LogP contribution < -0.4 is 10.6 Å². The van der Waals surface area contributed by atoms with Crippen molar-refractivity contribution in [1.29, 1.82) is 0 Å². The third-order valence-corrected chi connectivity index (χ3v) is 8.20. The van der Waals surface area contributed by atoms with Crippen LogP contribution in [-0.4, -0.2) is 70.7 Å².